The second-order valence-electron chi connectivity index (χ2n) is 10.00. The van der Waals surface area contributed by atoms with Crippen molar-refractivity contribution in [2.24, 2.45) is 0 Å². The van der Waals surface area contributed by atoms with E-state index in [9.17, 15) is 14.4 Å². The quantitative estimate of drug-likeness (QED) is 0.106. The Bertz CT molecular complexity index is 1010. The molecule has 1 atom stereocenters. The lowest BCUT2D eigenvalue weighted by Gasteiger charge is -2.21. The number of benzene rings is 2. The van der Waals surface area contributed by atoms with Crippen LogP contribution in [0.1, 0.15) is 81.8 Å². The molecule has 2 amide bonds. The number of anilines is 1. The number of nitrogens with one attached hydrogen (secondary N) is 3. The van der Waals surface area contributed by atoms with Gasteiger partial charge >= 0.3 is 5.97 Å². The van der Waals surface area contributed by atoms with Gasteiger partial charge in [0.15, 0.2) is 0 Å². The molecule has 4 N–H and O–H groups in total. The first-order chi connectivity index (χ1) is 18.5. The van der Waals surface area contributed by atoms with E-state index in [1.54, 1.807) is 5.48 Å². The predicted octanol–water partition coefficient (Wildman–Crippen LogP) is 5.05. The maximum atomic E-state index is 13.0. The fraction of sp³-hybridized carbons (Fsp3) is 0.500. The molecule has 1 aliphatic carbocycles. The normalized spacial score (nSPS) is 14.1. The zero-order chi connectivity index (χ0) is 27.0. The van der Waals surface area contributed by atoms with Crippen molar-refractivity contribution < 1.29 is 24.3 Å². The number of hydrogen-bond acceptors (Lipinski definition) is 6. The van der Waals surface area contributed by atoms with E-state index >= 15 is 0 Å². The van der Waals surface area contributed by atoms with Crippen molar-refractivity contribution in [3.63, 3.8) is 0 Å². The van der Waals surface area contributed by atoms with Crippen molar-refractivity contribution in [3.8, 4) is 0 Å². The Hall–Kier alpha value is -3.23. The Labute approximate surface area is 225 Å². The summed E-state index contributed by atoms with van der Waals surface area (Å²) in [5.41, 5.74) is 4.51. The van der Waals surface area contributed by atoms with Gasteiger partial charge in [-0.25, -0.2) is 5.48 Å². The van der Waals surface area contributed by atoms with E-state index in [2.05, 4.69) is 22.8 Å². The van der Waals surface area contributed by atoms with E-state index in [1.165, 1.54) is 5.56 Å². The molecule has 8 heteroatoms. The van der Waals surface area contributed by atoms with Crippen LogP contribution in [0.5, 0.6) is 0 Å². The molecule has 2 aromatic carbocycles. The van der Waals surface area contributed by atoms with Gasteiger partial charge in [-0.15, -0.1) is 0 Å². The molecule has 0 bridgehead atoms. The largest absolute Gasteiger partial charge is 0.461 e. The number of rotatable bonds is 16. The molecular weight excluding hydrogens is 482 g/mol. The number of unbranched alkanes of at least 4 members (excludes halogenated alkanes) is 3. The number of carbonyl (C=O) groups is 3. The van der Waals surface area contributed by atoms with Crippen LogP contribution in [0.25, 0.3) is 0 Å². The highest BCUT2D eigenvalue weighted by molar-refractivity contribution is 5.90. The number of amides is 2. The number of hydroxylamine groups is 1. The maximum Gasteiger partial charge on any atom is 0.323 e. The van der Waals surface area contributed by atoms with E-state index in [0.29, 0.717) is 25.8 Å². The average Bonchev–Trinajstić information content (AvgIpc) is 3.44. The highest BCUT2D eigenvalue weighted by atomic mass is 16.5. The molecule has 38 heavy (non-hydrogen) atoms. The highest BCUT2D eigenvalue weighted by Crippen LogP contribution is 2.22. The SMILES string of the molecule is O=C(CCCCCCC(=O)Nc1cccc(CN[C@H](CCc2ccccc2)C(=O)OC2CCCC2)c1)NO. The minimum absolute atomic E-state index is 0.0297. The van der Waals surface area contributed by atoms with E-state index in [1.807, 2.05) is 42.5 Å². The van der Waals surface area contributed by atoms with Crippen molar-refractivity contribution in [1.82, 2.24) is 10.8 Å². The van der Waals surface area contributed by atoms with Crippen molar-refractivity contribution in [1.29, 1.82) is 0 Å². The summed E-state index contributed by atoms with van der Waals surface area (Å²) >= 11 is 0. The summed E-state index contributed by atoms with van der Waals surface area (Å²) in [6.07, 6.45) is 9.36. The number of hydrogen-bond donors (Lipinski definition) is 4. The average molecular weight is 524 g/mol. The van der Waals surface area contributed by atoms with Gasteiger partial charge in [-0.1, -0.05) is 55.3 Å². The number of esters is 1. The van der Waals surface area contributed by atoms with Gasteiger partial charge in [0.2, 0.25) is 11.8 Å². The summed E-state index contributed by atoms with van der Waals surface area (Å²) in [7, 11) is 0. The van der Waals surface area contributed by atoms with Gasteiger partial charge in [-0.3, -0.25) is 19.6 Å². The molecule has 1 aliphatic rings. The highest BCUT2D eigenvalue weighted by Gasteiger charge is 2.25. The Balaban J connectivity index is 1.46. The molecule has 0 unspecified atom stereocenters. The first-order valence-corrected chi connectivity index (χ1v) is 13.8. The van der Waals surface area contributed by atoms with Crippen LogP contribution in [0.3, 0.4) is 0 Å². The summed E-state index contributed by atoms with van der Waals surface area (Å²) in [4.78, 5) is 36.4. The van der Waals surface area contributed by atoms with Crippen LogP contribution in [0.2, 0.25) is 0 Å². The van der Waals surface area contributed by atoms with Crippen molar-refractivity contribution >= 4 is 23.5 Å². The molecule has 0 radical (unpaired) electrons. The first kappa shape index (κ1) is 29.3. The van der Waals surface area contributed by atoms with Gasteiger partial charge in [0.05, 0.1) is 0 Å². The van der Waals surface area contributed by atoms with Gasteiger partial charge in [0.25, 0.3) is 0 Å². The lowest BCUT2D eigenvalue weighted by Crippen LogP contribution is -2.39. The molecule has 0 saturated heterocycles. The third-order valence-corrected chi connectivity index (χ3v) is 6.88. The maximum absolute atomic E-state index is 13.0. The van der Waals surface area contributed by atoms with E-state index < -0.39 is 6.04 Å². The Morgan fingerprint density at radius 3 is 2.26 bits per heavy atom. The minimum Gasteiger partial charge on any atom is -0.461 e. The van der Waals surface area contributed by atoms with Gasteiger partial charge < -0.3 is 15.4 Å². The zero-order valence-corrected chi connectivity index (χ0v) is 22.1. The summed E-state index contributed by atoms with van der Waals surface area (Å²) in [5, 5.41) is 14.8. The molecule has 0 spiro atoms. The van der Waals surface area contributed by atoms with Crippen molar-refractivity contribution in [2.75, 3.05) is 5.32 Å². The zero-order valence-electron chi connectivity index (χ0n) is 22.1. The molecule has 1 fully saturated rings. The number of aryl methyl sites for hydroxylation is 1. The van der Waals surface area contributed by atoms with Gasteiger partial charge in [-0.05, 0) is 74.6 Å². The molecule has 1 saturated carbocycles. The van der Waals surface area contributed by atoms with Crippen LogP contribution < -0.4 is 16.1 Å². The smallest absolute Gasteiger partial charge is 0.323 e. The summed E-state index contributed by atoms with van der Waals surface area (Å²) < 4.78 is 5.82. The fourth-order valence-corrected chi connectivity index (χ4v) is 4.72. The van der Waals surface area contributed by atoms with Crippen LogP contribution in [-0.4, -0.2) is 35.1 Å². The topological polar surface area (TPSA) is 117 Å². The second-order valence-corrected chi connectivity index (χ2v) is 10.00. The van der Waals surface area contributed by atoms with E-state index in [-0.39, 0.29) is 30.3 Å². The fourth-order valence-electron chi connectivity index (χ4n) is 4.72. The van der Waals surface area contributed by atoms with Crippen LogP contribution in [-0.2, 0) is 32.1 Å². The standard InChI is InChI=1S/C30H41N3O5/c34-28(17-6-1-2-7-18-29(35)33-37)32-25-14-10-13-24(21-25)22-31-27(20-19-23-11-4-3-5-12-23)30(36)38-26-15-8-9-16-26/h3-5,10-14,21,26-27,31,37H,1-2,6-9,15-20,22H2,(H,32,34)(H,33,35)/t27-/m1/s1. The predicted molar refractivity (Wildman–Crippen MR) is 146 cm³/mol. The number of ether oxygens (including phenoxy) is 1. The summed E-state index contributed by atoms with van der Waals surface area (Å²) in [6, 6.07) is 17.4. The van der Waals surface area contributed by atoms with E-state index in [4.69, 9.17) is 9.94 Å². The third-order valence-electron chi connectivity index (χ3n) is 6.88. The minimum atomic E-state index is -0.405. The summed E-state index contributed by atoms with van der Waals surface area (Å²) in [6.45, 7) is 0.490. The lowest BCUT2D eigenvalue weighted by molar-refractivity contribution is -0.151. The van der Waals surface area contributed by atoms with Crippen molar-refractivity contribution in [2.45, 2.75) is 95.7 Å². The van der Waals surface area contributed by atoms with Crippen LogP contribution in [0.4, 0.5) is 5.69 Å². The molecular formula is C30H41N3O5. The molecule has 3 rings (SSSR count). The van der Waals surface area contributed by atoms with E-state index in [0.717, 1.165) is 62.6 Å². The third kappa shape index (κ3) is 11.0. The molecule has 0 aromatic heterocycles. The van der Waals surface area contributed by atoms with Gasteiger partial charge in [0, 0.05) is 25.1 Å². The van der Waals surface area contributed by atoms with Crippen LogP contribution in [0, 0.1) is 0 Å². The van der Waals surface area contributed by atoms with Crippen LogP contribution in [0.15, 0.2) is 54.6 Å². The van der Waals surface area contributed by atoms with Gasteiger partial charge in [-0.2, -0.15) is 0 Å². The molecule has 0 aliphatic heterocycles. The molecule has 0 heterocycles. The molecule has 8 nitrogen and oxygen atoms in total. The van der Waals surface area contributed by atoms with Gasteiger partial charge in [0.1, 0.15) is 12.1 Å². The second kappa shape index (κ2) is 16.6. The number of carbonyl (C=O) groups excluding carboxylic acids is 3. The first-order valence-electron chi connectivity index (χ1n) is 13.8. The van der Waals surface area contributed by atoms with Crippen LogP contribution >= 0.6 is 0 Å². The summed E-state index contributed by atoms with van der Waals surface area (Å²) in [5.74, 6) is -0.622. The Morgan fingerprint density at radius 2 is 1.55 bits per heavy atom. The lowest BCUT2D eigenvalue weighted by atomic mass is 10.0. The Morgan fingerprint density at radius 1 is 0.868 bits per heavy atom. The molecule has 2 aromatic rings. The van der Waals surface area contributed by atoms with Crippen molar-refractivity contribution in [3.05, 3.63) is 65.7 Å². The molecule has 206 valence electrons. The Kier molecular flexibility index (Phi) is 12.8. The monoisotopic (exact) mass is 523 g/mol.